The summed E-state index contributed by atoms with van der Waals surface area (Å²) in [6.07, 6.45) is 0. The first-order chi connectivity index (χ1) is 6.75. The Hall–Kier alpha value is -0.840. The van der Waals surface area contributed by atoms with Gasteiger partial charge in [-0.2, -0.15) is 0 Å². The molecule has 1 heterocycles. The van der Waals surface area contributed by atoms with Crippen molar-refractivity contribution >= 4 is 26.8 Å². The molecular weight excluding hydrogens is 242 g/mol. The highest BCUT2D eigenvalue weighted by Gasteiger charge is 2.10. The smallest absolute Gasteiger partial charge is 0.0513 e. The molecule has 0 unspecified atom stereocenters. The standard InChI is InChI=1S/C10H12BrN3/c1-14-8-5-3-2-4-7(8)10(11)9(14)6-13-12/h2-5,13H,6,12H2,1H3. The Kier molecular flexibility index (Phi) is 2.58. The molecule has 0 bridgehead atoms. The summed E-state index contributed by atoms with van der Waals surface area (Å²) in [6, 6.07) is 8.26. The molecule has 0 fully saturated rings. The molecule has 74 valence electrons. The number of aromatic nitrogens is 1. The molecule has 14 heavy (non-hydrogen) atoms. The fourth-order valence-corrected chi connectivity index (χ4v) is 2.43. The Bertz CT molecular complexity index is 423. The molecule has 0 radical (unpaired) electrons. The van der Waals surface area contributed by atoms with E-state index in [0.717, 1.165) is 10.2 Å². The Labute approximate surface area is 91.0 Å². The molecule has 2 aromatic rings. The fraction of sp³-hybridized carbons (Fsp3) is 0.200. The second-order valence-electron chi connectivity index (χ2n) is 3.22. The van der Waals surface area contributed by atoms with Crippen LogP contribution in [0, 0.1) is 0 Å². The summed E-state index contributed by atoms with van der Waals surface area (Å²) in [5.41, 5.74) is 5.05. The van der Waals surface area contributed by atoms with Crippen LogP contribution in [0.4, 0.5) is 0 Å². The first-order valence-electron chi connectivity index (χ1n) is 4.41. The van der Waals surface area contributed by atoms with Crippen molar-refractivity contribution in [3.63, 3.8) is 0 Å². The third-order valence-electron chi connectivity index (χ3n) is 2.43. The van der Waals surface area contributed by atoms with E-state index in [0.29, 0.717) is 6.54 Å². The quantitative estimate of drug-likeness (QED) is 0.635. The van der Waals surface area contributed by atoms with Crippen LogP contribution < -0.4 is 11.3 Å². The number of rotatable bonds is 2. The molecule has 3 nitrogen and oxygen atoms in total. The van der Waals surface area contributed by atoms with Crippen molar-refractivity contribution in [2.24, 2.45) is 12.9 Å². The molecule has 0 aliphatic carbocycles. The Morgan fingerprint density at radius 1 is 1.43 bits per heavy atom. The molecule has 2 rings (SSSR count). The predicted octanol–water partition coefficient (Wildman–Crippen LogP) is 1.90. The molecule has 0 spiro atoms. The van der Waals surface area contributed by atoms with Crippen LogP contribution in [0.3, 0.4) is 0 Å². The monoisotopic (exact) mass is 253 g/mol. The zero-order valence-corrected chi connectivity index (χ0v) is 9.51. The number of hydrogen-bond donors (Lipinski definition) is 2. The summed E-state index contributed by atoms with van der Waals surface area (Å²) in [5, 5.41) is 1.22. The second kappa shape index (κ2) is 3.73. The van der Waals surface area contributed by atoms with Crippen LogP contribution in [0.15, 0.2) is 28.7 Å². The van der Waals surface area contributed by atoms with Crippen molar-refractivity contribution in [2.45, 2.75) is 6.54 Å². The summed E-state index contributed by atoms with van der Waals surface area (Å²) in [7, 11) is 2.04. The molecule has 0 aliphatic heterocycles. The highest BCUT2D eigenvalue weighted by molar-refractivity contribution is 9.10. The number of halogens is 1. The average molecular weight is 254 g/mol. The van der Waals surface area contributed by atoms with Crippen LogP contribution >= 0.6 is 15.9 Å². The van der Waals surface area contributed by atoms with Gasteiger partial charge in [-0.1, -0.05) is 18.2 Å². The van der Waals surface area contributed by atoms with Crippen molar-refractivity contribution in [2.75, 3.05) is 0 Å². The van der Waals surface area contributed by atoms with Crippen molar-refractivity contribution < 1.29 is 0 Å². The number of hydrazine groups is 1. The van der Waals surface area contributed by atoms with E-state index in [1.54, 1.807) is 0 Å². The van der Waals surface area contributed by atoms with E-state index in [4.69, 9.17) is 5.84 Å². The SMILES string of the molecule is Cn1c(CNN)c(Br)c2ccccc21. The van der Waals surface area contributed by atoms with E-state index in [-0.39, 0.29) is 0 Å². The summed E-state index contributed by atoms with van der Waals surface area (Å²) in [6.45, 7) is 0.658. The van der Waals surface area contributed by atoms with E-state index >= 15 is 0 Å². The first-order valence-corrected chi connectivity index (χ1v) is 5.20. The third kappa shape index (κ3) is 1.35. The Morgan fingerprint density at radius 3 is 2.79 bits per heavy atom. The molecule has 0 saturated carbocycles. The van der Waals surface area contributed by atoms with E-state index < -0.39 is 0 Å². The van der Waals surface area contributed by atoms with Gasteiger partial charge < -0.3 is 4.57 Å². The van der Waals surface area contributed by atoms with Gasteiger partial charge in [0.15, 0.2) is 0 Å². The van der Waals surface area contributed by atoms with E-state index in [2.05, 4.69) is 38.1 Å². The van der Waals surface area contributed by atoms with Crippen LogP contribution in [0.5, 0.6) is 0 Å². The zero-order valence-electron chi connectivity index (χ0n) is 7.92. The number of benzene rings is 1. The van der Waals surface area contributed by atoms with Gasteiger partial charge in [-0.05, 0) is 22.0 Å². The molecule has 0 saturated heterocycles. The molecule has 0 aliphatic rings. The number of hydrogen-bond acceptors (Lipinski definition) is 2. The Morgan fingerprint density at radius 2 is 2.14 bits per heavy atom. The fourth-order valence-electron chi connectivity index (χ4n) is 1.69. The molecular formula is C10H12BrN3. The largest absolute Gasteiger partial charge is 0.345 e. The highest BCUT2D eigenvalue weighted by atomic mass is 79.9. The van der Waals surface area contributed by atoms with Crippen LogP contribution in [-0.2, 0) is 13.6 Å². The maximum absolute atomic E-state index is 5.34. The maximum Gasteiger partial charge on any atom is 0.0513 e. The summed E-state index contributed by atoms with van der Waals surface area (Å²) in [4.78, 5) is 0. The van der Waals surface area contributed by atoms with Crippen LogP contribution in [-0.4, -0.2) is 4.57 Å². The van der Waals surface area contributed by atoms with Gasteiger partial charge in [0, 0.05) is 28.1 Å². The van der Waals surface area contributed by atoms with E-state index in [1.165, 1.54) is 10.9 Å². The van der Waals surface area contributed by atoms with Crippen molar-refractivity contribution in [3.05, 3.63) is 34.4 Å². The Balaban J connectivity index is 2.72. The summed E-state index contributed by atoms with van der Waals surface area (Å²) < 4.78 is 3.26. The number of nitrogens with one attached hydrogen (secondary N) is 1. The third-order valence-corrected chi connectivity index (χ3v) is 3.31. The minimum atomic E-state index is 0.658. The van der Waals surface area contributed by atoms with Gasteiger partial charge in [0.25, 0.3) is 0 Å². The van der Waals surface area contributed by atoms with E-state index in [9.17, 15) is 0 Å². The minimum absolute atomic E-state index is 0.658. The minimum Gasteiger partial charge on any atom is -0.345 e. The first kappa shape index (κ1) is 9.71. The molecule has 0 amide bonds. The second-order valence-corrected chi connectivity index (χ2v) is 4.01. The number of para-hydroxylation sites is 1. The molecule has 4 heteroatoms. The highest BCUT2D eigenvalue weighted by Crippen LogP contribution is 2.29. The predicted molar refractivity (Wildman–Crippen MR) is 61.6 cm³/mol. The lowest BCUT2D eigenvalue weighted by Gasteiger charge is -2.03. The van der Waals surface area contributed by atoms with Crippen molar-refractivity contribution in [1.29, 1.82) is 0 Å². The molecule has 3 N–H and O–H groups in total. The maximum atomic E-state index is 5.34. The van der Waals surface area contributed by atoms with Gasteiger partial charge in [-0.3, -0.25) is 11.3 Å². The lowest BCUT2D eigenvalue weighted by atomic mass is 10.2. The zero-order chi connectivity index (χ0) is 10.1. The normalized spacial score (nSPS) is 11.1. The van der Waals surface area contributed by atoms with Crippen molar-refractivity contribution in [3.8, 4) is 0 Å². The van der Waals surface area contributed by atoms with Crippen LogP contribution in [0.25, 0.3) is 10.9 Å². The van der Waals surface area contributed by atoms with Crippen LogP contribution in [0.2, 0.25) is 0 Å². The van der Waals surface area contributed by atoms with Crippen LogP contribution in [0.1, 0.15) is 5.69 Å². The molecule has 1 aromatic carbocycles. The average Bonchev–Trinajstić information content (AvgIpc) is 2.45. The van der Waals surface area contributed by atoms with Crippen molar-refractivity contribution in [1.82, 2.24) is 9.99 Å². The summed E-state index contributed by atoms with van der Waals surface area (Å²) in [5.74, 6) is 5.34. The van der Waals surface area contributed by atoms with Gasteiger partial charge in [-0.15, -0.1) is 0 Å². The van der Waals surface area contributed by atoms with Gasteiger partial charge in [0.05, 0.1) is 6.54 Å². The lowest BCUT2D eigenvalue weighted by molar-refractivity contribution is 0.692. The number of nitrogens with zero attached hydrogens (tertiary/aromatic N) is 1. The lowest BCUT2D eigenvalue weighted by Crippen LogP contribution is -2.22. The summed E-state index contributed by atoms with van der Waals surface area (Å²) >= 11 is 3.59. The van der Waals surface area contributed by atoms with E-state index in [1.807, 2.05) is 19.2 Å². The topological polar surface area (TPSA) is 43.0 Å². The number of nitrogens with two attached hydrogens (primary N) is 1. The van der Waals surface area contributed by atoms with Gasteiger partial charge >= 0.3 is 0 Å². The molecule has 1 aromatic heterocycles. The van der Waals surface area contributed by atoms with Gasteiger partial charge in [-0.25, -0.2) is 0 Å². The number of fused-ring (bicyclic) bond motifs is 1. The number of aryl methyl sites for hydroxylation is 1. The molecule has 0 atom stereocenters. The van der Waals surface area contributed by atoms with Gasteiger partial charge in [0.1, 0.15) is 0 Å². The van der Waals surface area contributed by atoms with Gasteiger partial charge in [0.2, 0.25) is 0 Å².